The van der Waals surface area contributed by atoms with Gasteiger partial charge in [-0.1, -0.05) is 81.3 Å². The SMILES string of the molecule is CCCC[Si](C)(C)O[Si](C)(C)O[Si](C)(C)C[Si](C)(C)OC[Si](CC)(CO[Si](C)(C)Cc1ccccc1OC)CO[Si](C)(C)Cc1ccccc1OC(C)=O.COc1ccc(C(c2ccc(OC(C)=O)c(OC)c2)(C(F)(F)F)C(F)(F)F)cc1OC. The van der Waals surface area contributed by atoms with Crippen molar-refractivity contribution in [1.29, 1.82) is 0 Å². The van der Waals surface area contributed by atoms with E-state index in [-0.39, 0.29) is 23.2 Å². The largest absolute Gasteiger partial charge is 0.496 e. The standard InChI is InChI=1S/C39H76O8Si7.C20H18F6O5/c1-17-19-28-48(5,6)46-53(15,16)47-52(13,14)34-51(11,12)44-33-54(18-2,31-42-49(7,8)29-36-24-20-22-26-38(36)41-4)32-43-50(9,10)30-37-25-21-23-27-39(37)45-35(3)40;1-11(27)31-15-8-6-13(10-17(15)30-4)18(19(21,22)23,20(24,25)26)12-5-7-14(28-2)16(9-12)29-3/h20-27H,17-19,28-34H2,1-16H3;5-10H,1-4H3. The molecule has 85 heavy (non-hydrogen) atoms. The molecule has 13 nitrogen and oxygen atoms in total. The minimum Gasteiger partial charge on any atom is -0.496 e. The zero-order chi connectivity index (χ0) is 64.7. The highest BCUT2D eigenvalue weighted by atomic mass is 28.5. The zero-order valence-electron chi connectivity index (χ0n) is 53.7. The second-order valence-corrected chi connectivity index (χ2v) is 55.1. The van der Waals surface area contributed by atoms with Gasteiger partial charge in [-0.15, -0.1) is 0 Å². The van der Waals surface area contributed by atoms with Gasteiger partial charge in [0.05, 0.1) is 28.4 Å². The highest BCUT2D eigenvalue weighted by molar-refractivity contribution is 6.95. The summed E-state index contributed by atoms with van der Waals surface area (Å²) in [5, 5.41) is 0. The van der Waals surface area contributed by atoms with Crippen LogP contribution >= 0.6 is 0 Å². The molecule has 0 fully saturated rings. The molecular formula is C59H94F6O13Si7. The van der Waals surface area contributed by atoms with Gasteiger partial charge in [0.25, 0.3) is 0 Å². The Hall–Kier alpha value is -4.08. The van der Waals surface area contributed by atoms with Crippen molar-refractivity contribution in [2.45, 2.75) is 167 Å². The van der Waals surface area contributed by atoms with Crippen molar-refractivity contribution in [3.05, 3.63) is 107 Å². The number of halogens is 6. The number of esters is 2. The molecule has 0 heterocycles. The molecule has 478 valence electrons. The van der Waals surface area contributed by atoms with Crippen LogP contribution in [0.15, 0.2) is 84.9 Å². The van der Waals surface area contributed by atoms with Gasteiger partial charge in [0, 0.05) is 32.5 Å². The molecule has 0 radical (unpaired) electrons. The van der Waals surface area contributed by atoms with Crippen LogP contribution in [0.1, 0.15) is 62.8 Å². The number of ether oxygens (including phenoxy) is 6. The highest BCUT2D eigenvalue weighted by Gasteiger charge is 2.73. The quantitative estimate of drug-likeness (QED) is 0.0205. The maximum absolute atomic E-state index is 14.3. The van der Waals surface area contributed by atoms with Crippen molar-refractivity contribution >= 4 is 70.2 Å². The van der Waals surface area contributed by atoms with Crippen LogP contribution in [0.5, 0.6) is 34.5 Å². The first-order chi connectivity index (χ1) is 39.1. The molecule has 1 unspecified atom stereocenters. The first kappa shape index (κ1) is 75.2. The number of benzene rings is 4. The number of unbranched alkanes of at least 4 members (excludes halogenated alkanes) is 1. The molecule has 0 aromatic heterocycles. The van der Waals surface area contributed by atoms with Crippen molar-refractivity contribution in [1.82, 2.24) is 0 Å². The van der Waals surface area contributed by atoms with Gasteiger partial charge in [0.1, 0.15) is 19.6 Å². The van der Waals surface area contributed by atoms with Crippen molar-refractivity contribution in [2.24, 2.45) is 0 Å². The molecule has 4 rings (SSSR count). The van der Waals surface area contributed by atoms with Crippen LogP contribution in [0.25, 0.3) is 0 Å². The number of para-hydroxylation sites is 2. The van der Waals surface area contributed by atoms with Gasteiger partial charge >= 0.3 is 32.9 Å². The van der Waals surface area contributed by atoms with Gasteiger partial charge in [-0.05, 0) is 161 Å². The van der Waals surface area contributed by atoms with Crippen LogP contribution in [0, 0.1) is 0 Å². The van der Waals surface area contributed by atoms with Crippen molar-refractivity contribution in [3.63, 3.8) is 0 Å². The van der Waals surface area contributed by atoms with Gasteiger partial charge in [-0.3, -0.25) is 9.59 Å². The summed E-state index contributed by atoms with van der Waals surface area (Å²) in [6.45, 7) is 34.8. The zero-order valence-corrected chi connectivity index (χ0v) is 60.7. The third kappa shape index (κ3) is 22.5. The lowest BCUT2D eigenvalue weighted by atomic mass is 9.72. The number of carbonyl (C=O) groups excluding carboxylic acids is 2. The average Bonchev–Trinajstić information content (AvgIpc) is 1.03. The Bertz CT molecular complexity index is 2780. The molecule has 0 amide bonds. The van der Waals surface area contributed by atoms with Crippen LogP contribution in [-0.4, -0.2) is 130 Å². The van der Waals surface area contributed by atoms with Crippen LogP contribution in [-0.2, 0) is 48.6 Å². The molecule has 0 bridgehead atoms. The number of carbonyl (C=O) groups is 2. The molecule has 0 spiro atoms. The van der Waals surface area contributed by atoms with E-state index in [2.05, 4.69) is 105 Å². The van der Waals surface area contributed by atoms with E-state index >= 15 is 0 Å². The first-order valence-corrected chi connectivity index (χ1v) is 49.8. The molecule has 0 saturated heterocycles. The van der Waals surface area contributed by atoms with Crippen LogP contribution < -0.4 is 28.4 Å². The monoisotopic (exact) mass is 1320 g/mol. The van der Waals surface area contributed by atoms with Crippen molar-refractivity contribution < 1.29 is 85.9 Å². The minimum atomic E-state index is -5.82. The van der Waals surface area contributed by atoms with E-state index in [1.165, 1.54) is 38.5 Å². The lowest BCUT2D eigenvalue weighted by Crippen LogP contribution is -2.58. The Kier molecular flexibility index (Phi) is 27.3. The van der Waals surface area contributed by atoms with Crippen LogP contribution in [0.3, 0.4) is 0 Å². The van der Waals surface area contributed by atoms with E-state index in [0.29, 0.717) is 48.7 Å². The van der Waals surface area contributed by atoms with Gasteiger partial charge in [-0.25, -0.2) is 0 Å². The fourth-order valence-corrected chi connectivity index (χ4v) is 44.8. The molecule has 26 heteroatoms. The highest BCUT2D eigenvalue weighted by Crippen LogP contribution is 2.58. The van der Waals surface area contributed by atoms with E-state index in [9.17, 15) is 35.9 Å². The minimum absolute atomic E-state index is 0.0488. The molecule has 0 N–H and O–H groups in total. The Balaban J connectivity index is 0.000000515. The maximum Gasteiger partial charge on any atom is 0.411 e. The van der Waals surface area contributed by atoms with E-state index in [4.69, 9.17) is 49.9 Å². The second-order valence-electron chi connectivity index (χ2n) is 25.0. The Morgan fingerprint density at radius 1 is 0.459 bits per heavy atom. The fourth-order valence-electron chi connectivity index (χ4n) is 10.6. The average molecular weight is 1320 g/mol. The third-order valence-electron chi connectivity index (χ3n) is 14.3. The summed E-state index contributed by atoms with van der Waals surface area (Å²) >= 11 is 0. The Morgan fingerprint density at radius 2 is 0.847 bits per heavy atom. The van der Waals surface area contributed by atoms with Crippen molar-refractivity contribution in [3.8, 4) is 34.5 Å². The smallest absolute Gasteiger partial charge is 0.411 e. The first-order valence-electron chi connectivity index (χ1n) is 28.5. The lowest BCUT2D eigenvalue weighted by Gasteiger charge is -2.42. The second kappa shape index (κ2) is 30.9. The summed E-state index contributed by atoms with van der Waals surface area (Å²) in [5.41, 5.74) is -3.56. The molecule has 4 aromatic rings. The molecule has 0 aliphatic carbocycles. The molecular weight excluding hydrogens is 1230 g/mol. The number of methoxy groups -OCH3 is 4. The summed E-state index contributed by atoms with van der Waals surface area (Å²) < 4.78 is 152. The predicted octanol–water partition coefficient (Wildman–Crippen LogP) is 15.8. The van der Waals surface area contributed by atoms with E-state index in [0.717, 1.165) is 68.4 Å². The number of hydrogen-bond acceptors (Lipinski definition) is 13. The fraction of sp³-hybridized carbons (Fsp3) is 0.559. The summed E-state index contributed by atoms with van der Waals surface area (Å²) in [4.78, 5) is 23.0. The van der Waals surface area contributed by atoms with Crippen molar-refractivity contribution in [2.75, 3.05) is 47.1 Å². The third-order valence-corrected chi connectivity index (χ3v) is 40.9. The summed E-state index contributed by atoms with van der Waals surface area (Å²) in [6.07, 6.45) is -7.16. The molecule has 1 atom stereocenters. The molecule has 0 aliphatic rings. The van der Waals surface area contributed by atoms with E-state index in [1.54, 1.807) is 7.11 Å². The van der Waals surface area contributed by atoms with Gasteiger partial charge in [0.15, 0.2) is 64.6 Å². The topological polar surface area (TPSA) is 136 Å². The van der Waals surface area contributed by atoms with Crippen LogP contribution in [0.2, 0.25) is 96.3 Å². The molecule has 0 aliphatic heterocycles. The lowest BCUT2D eigenvalue weighted by molar-refractivity contribution is -0.288. The summed E-state index contributed by atoms with van der Waals surface area (Å²) in [6, 6.07) is 24.1. The summed E-state index contributed by atoms with van der Waals surface area (Å²) in [5.74, 6) is -0.782. The normalized spacial score (nSPS) is 13.7. The Labute approximate surface area is 508 Å². The molecule has 0 saturated carbocycles. The van der Waals surface area contributed by atoms with Gasteiger partial charge < -0.3 is 49.9 Å². The summed E-state index contributed by atoms with van der Waals surface area (Å²) in [7, 11) is -10.00. The van der Waals surface area contributed by atoms with Gasteiger partial charge in [0.2, 0.25) is 5.41 Å². The van der Waals surface area contributed by atoms with Crippen LogP contribution in [0.4, 0.5) is 26.3 Å². The van der Waals surface area contributed by atoms with Gasteiger partial charge in [-0.2, -0.15) is 26.3 Å². The number of rotatable bonds is 31. The predicted molar refractivity (Wildman–Crippen MR) is 341 cm³/mol. The number of alkyl halides is 6. The maximum atomic E-state index is 14.3. The Morgan fingerprint density at radius 3 is 1.27 bits per heavy atom. The van der Waals surface area contributed by atoms with E-state index in [1.807, 2.05) is 36.4 Å². The van der Waals surface area contributed by atoms with E-state index < -0.39 is 98.8 Å². The number of hydrogen-bond donors (Lipinski definition) is 0. The molecule has 4 aromatic carbocycles.